The molecule has 0 rings (SSSR count). The molecule has 0 aliphatic rings. The maximum Gasteiger partial charge on any atom is 0.115 e. The molecule has 0 aliphatic carbocycles. The quantitative estimate of drug-likeness (QED) is 0.452. The van der Waals surface area contributed by atoms with Gasteiger partial charge in [0, 0.05) is 17.3 Å². The lowest BCUT2D eigenvalue weighted by Gasteiger charge is -2.17. The van der Waals surface area contributed by atoms with E-state index in [2.05, 4.69) is 43.9 Å². The maximum atomic E-state index is 4.14. The molecule has 0 bridgehead atoms. The van der Waals surface area contributed by atoms with E-state index in [-0.39, 0.29) is 5.41 Å². The zero-order chi connectivity index (χ0) is 9.61. The zero-order valence-corrected chi connectivity index (χ0v) is 8.04. The molecule has 0 atom stereocenters. The van der Waals surface area contributed by atoms with Crippen molar-refractivity contribution in [3.05, 3.63) is 25.4 Å². The van der Waals surface area contributed by atoms with E-state index in [1.54, 1.807) is 6.08 Å². The smallest absolute Gasteiger partial charge is 0.115 e. The van der Waals surface area contributed by atoms with Crippen LogP contribution in [0.1, 0.15) is 20.8 Å². The van der Waals surface area contributed by atoms with Crippen LogP contribution in [0.25, 0.3) is 0 Å². The molecule has 0 aliphatic heterocycles. The predicted octanol–water partition coefficient (Wildman–Crippen LogP) is 2.83. The van der Waals surface area contributed by atoms with Crippen molar-refractivity contribution in [1.82, 2.24) is 0 Å². The molecule has 0 heterocycles. The molecular weight excluding hydrogens is 148 g/mol. The van der Waals surface area contributed by atoms with Crippen LogP contribution in [0.3, 0.4) is 0 Å². The van der Waals surface area contributed by atoms with E-state index in [0.29, 0.717) is 0 Å². The van der Waals surface area contributed by atoms with Crippen LogP contribution in [-0.2, 0) is 0 Å². The summed E-state index contributed by atoms with van der Waals surface area (Å²) >= 11 is 0. The van der Waals surface area contributed by atoms with Gasteiger partial charge in [-0.3, -0.25) is 0 Å². The van der Waals surface area contributed by atoms with Crippen LogP contribution in [0, 0.1) is 5.41 Å². The second kappa shape index (κ2) is 4.65. The van der Waals surface area contributed by atoms with Gasteiger partial charge in [-0.25, -0.2) is 9.98 Å². The van der Waals surface area contributed by atoms with Crippen molar-refractivity contribution in [2.24, 2.45) is 15.4 Å². The van der Waals surface area contributed by atoms with Gasteiger partial charge < -0.3 is 0 Å². The first kappa shape index (κ1) is 10.8. The molecule has 0 amide bonds. The fourth-order valence-corrected chi connectivity index (χ4v) is 0.695. The lowest BCUT2D eigenvalue weighted by molar-refractivity contribution is 0.595. The molecule has 0 fully saturated rings. The van der Waals surface area contributed by atoms with Gasteiger partial charge in [0.1, 0.15) is 6.34 Å². The van der Waals surface area contributed by atoms with Crippen molar-refractivity contribution < 1.29 is 0 Å². The molecule has 2 nitrogen and oxygen atoms in total. The van der Waals surface area contributed by atoms with Gasteiger partial charge in [0.2, 0.25) is 0 Å². The van der Waals surface area contributed by atoms with E-state index in [9.17, 15) is 0 Å². The van der Waals surface area contributed by atoms with Crippen molar-refractivity contribution in [1.29, 1.82) is 0 Å². The van der Waals surface area contributed by atoms with Gasteiger partial charge in [0.25, 0.3) is 0 Å². The average Bonchev–Trinajstić information content (AvgIpc) is 1.95. The van der Waals surface area contributed by atoms with Crippen molar-refractivity contribution in [2.75, 3.05) is 0 Å². The first-order valence-corrected chi connectivity index (χ1v) is 3.85. The molecule has 12 heavy (non-hydrogen) atoms. The third-order valence-corrected chi connectivity index (χ3v) is 1.33. The van der Waals surface area contributed by atoms with Gasteiger partial charge >= 0.3 is 0 Å². The number of hydrogen-bond acceptors (Lipinski definition) is 1. The number of nitrogens with zero attached hydrogens (tertiary/aromatic N) is 2. The molecule has 0 N–H and O–H groups in total. The zero-order valence-electron chi connectivity index (χ0n) is 8.04. The van der Waals surface area contributed by atoms with Gasteiger partial charge in [-0.2, -0.15) is 0 Å². The largest absolute Gasteiger partial charge is 0.245 e. The summed E-state index contributed by atoms with van der Waals surface area (Å²) in [6, 6.07) is 0. The van der Waals surface area contributed by atoms with E-state index in [0.717, 1.165) is 5.71 Å². The molecule has 0 radical (unpaired) electrons. The minimum Gasteiger partial charge on any atom is -0.245 e. The van der Waals surface area contributed by atoms with Crippen LogP contribution in [0.2, 0.25) is 0 Å². The van der Waals surface area contributed by atoms with Crippen LogP contribution in [0.15, 0.2) is 35.4 Å². The maximum absolute atomic E-state index is 4.14. The second-order valence-corrected chi connectivity index (χ2v) is 3.42. The van der Waals surface area contributed by atoms with Gasteiger partial charge in [0.05, 0.1) is 0 Å². The molecule has 0 aromatic carbocycles. The molecule has 0 saturated carbocycles. The third-order valence-electron chi connectivity index (χ3n) is 1.33. The standard InChI is InChI=1S/C10H16N2/c1-6-9(10(3,4)5)12-8-11-7-2/h6-8H,1-2H2,3-5H3. The molecule has 0 unspecified atom stereocenters. The van der Waals surface area contributed by atoms with Gasteiger partial charge in [-0.05, 0) is 6.08 Å². The number of rotatable bonds is 3. The van der Waals surface area contributed by atoms with Crippen LogP contribution >= 0.6 is 0 Å². The number of allylic oxidation sites excluding steroid dienone is 1. The van der Waals surface area contributed by atoms with Crippen LogP contribution in [0.5, 0.6) is 0 Å². The molecular formula is C10H16N2. The summed E-state index contributed by atoms with van der Waals surface area (Å²) in [5.41, 5.74) is 0.947. The Balaban J connectivity index is 4.55. The first-order valence-electron chi connectivity index (χ1n) is 3.85. The summed E-state index contributed by atoms with van der Waals surface area (Å²) < 4.78 is 0. The van der Waals surface area contributed by atoms with E-state index < -0.39 is 0 Å². The van der Waals surface area contributed by atoms with Gasteiger partial charge in [-0.15, -0.1) is 0 Å². The lowest BCUT2D eigenvalue weighted by atomic mass is 9.90. The van der Waals surface area contributed by atoms with E-state index in [4.69, 9.17) is 0 Å². The Kier molecular flexibility index (Phi) is 4.19. The van der Waals surface area contributed by atoms with Gasteiger partial charge in [-0.1, -0.05) is 33.9 Å². The fourth-order valence-electron chi connectivity index (χ4n) is 0.695. The molecule has 0 aromatic rings. The van der Waals surface area contributed by atoms with Crippen molar-refractivity contribution in [3.63, 3.8) is 0 Å². The summed E-state index contributed by atoms with van der Waals surface area (Å²) in [5, 5.41) is 0. The Morgan fingerprint density at radius 2 is 1.83 bits per heavy atom. The minimum atomic E-state index is 0.0228. The normalized spacial score (nSPS) is 13.4. The summed E-state index contributed by atoms with van der Waals surface area (Å²) in [5.74, 6) is 0. The third kappa shape index (κ3) is 3.86. The molecule has 2 heteroatoms. The Hall–Kier alpha value is -1.18. The Bertz CT molecular complexity index is 216. The molecule has 0 saturated heterocycles. The van der Waals surface area contributed by atoms with Crippen LogP contribution in [-0.4, -0.2) is 12.1 Å². The first-order chi connectivity index (χ1) is 5.52. The highest BCUT2D eigenvalue weighted by molar-refractivity contribution is 6.02. The summed E-state index contributed by atoms with van der Waals surface area (Å²) in [4.78, 5) is 7.92. The van der Waals surface area contributed by atoms with E-state index in [1.807, 2.05) is 0 Å². The van der Waals surface area contributed by atoms with Crippen molar-refractivity contribution in [2.45, 2.75) is 20.8 Å². The summed E-state index contributed by atoms with van der Waals surface area (Å²) in [7, 11) is 0. The predicted molar refractivity (Wildman–Crippen MR) is 55.8 cm³/mol. The van der Waals surface area contributed by atoms with E-state index in [1.165, 1.54) is 12.5 Å². The fraction of sp³-hybridized carbons (Fsp3) is 0.400. The molecule has 66 valence electrons. The topological polar surface area (TPSA) is 24.7 Å². The summed E-state index contributed by atoms with van der Waals surface area (Å²) in [6.07, 6.45) is 4.68. The lowest BCUT2D eigenvalue weighted by Crippen LogP contribution is -2.17. The average molecular weight is 164 g/mol. The van der Waals surface area contributed by atoms with Crippen LogP contribution < -0.4 is 0 Å². The van der Waals surface area contributed by atoms with Crippen molar-refractivity contribution in [3.8, 4) is 0 Å². The van der Waals surface area contributed by atoms with E-state index >= 15 is 0 Å². The highest BCUT2D eigenvalue weighted by Gasteiger charge is 2.14. The Labute approximate surface area is 74.4 Å². The monoisotopic (exact) mass is 164 g/mol. The second-order valence-electron chi connectivity index (χ2n) is 3.42. The molecule has 0 aromatic heterocycles. The highest BCUT2D eigenvalue weighted by Crippen LogP contribution is 2.16. The minimum absolute atomic E-state index is 0.0228. The highest BCUT2D eigenvalue weighted by atomic mass is 14.8. The molecule has 0 spiro atoms. The number of hydrogen-bond donors (Lipinski definition) is 0. The number of aliphatic imine (C=N–C) groups is 2. The Morgan fingerprint density at radius 3 is 2.17 bits per heavy atom. The Morgan fingerprint density at radius 1 is 1.25 bits per heavy atom. The van der Waals surface area contributed by atoms with Crippen LogP contribution in [0.4, 0.5) is 0 Å². The summed E-state index contributed by atoms with van der Waals surface area (Å²) in [6.45, 7) is 13.4. The SMILES string of the molecule is C=CN=CN=C(C=C)C(C)(C)C. The van der Waals surface area contributed by atoms with Gasteiger partial charge in [0.15, 0.2) is 0 Å². The van der Waals surface area contributed by atoms with Crippen molar-refractivity contribution >= 4 is 12.1 Å².